The highest BCUT2D eigenvalue weighted by Gasteiger charge is 2.35. The molecule has 3 heteroatoms. The molecule has 0 radical (unpaired) electrons. The van der Waals surface area contributed by atoms with Crippen molar-refractivity contribution in [3.05, 3.63) is 11.1 Å². The summed E-state index contributed by atoms with van der Waals surface area (Å²) in [5, 5.41) is 0. The normalized spacial score (nSPS) is 14.9. The number of β-lactam (4-membered cyclic amide) rings is 1. The first-order valence-electron chi connectivity index (χ1n) is 6.59. The number of hydrogen-bond donors (Lipinski definition) is 0. The smallest absolute Gasteiger partial charge is 0.258 e. The zero-order valence-electron chi connectivity index (χ0n) is 11.2. The number of unbranched alkanes of at least 4 members (excludes halogenated alkanes) is 4. The predicted molar refractivity (Wildman–Crippen MR) is 68.5 cm³/mol. The number of likely N-dealkylation sites (tertiary alicyclic amines) is 1. The van der Waals surface area contributed by atoms with Gasteiger partial charge in [0.25, 0.3) is 5.91 Å². The fourth-order valence-electron chi connectivity index (χ4n) is 1.96. The van der Waals surface area contributed by atoms with Crippen molar-refractivity contribution in [2.75, 3.05) is 6.54 Å². The van der Waals surface area contributed by atoms with Gasteiger partial charge in [-0.15, -0.1) is 0 Å². The summed E-state index contributed by atoms with van der Waals surface area (Å²) >= 11 is 0. The van der Waals surface area contributed by atoms with Gasteiger partial charge in [0, 0.05) is 12.0 Å². The van der Waals surface area contributed by atoms with Gasteiger partial charge in [0.05, 0.1) is 6.54 Å². The van der Waals surface area contributed by atoms with Gasteiger partial charge in [0.2, 0.25) is 5.91 Å². The summed E-state index contributed by atoms with van der Waals surface area (Å²) in [4.78, 5) is 24.7. The van der Waals surface area contributed by atoms with Crippen molar-refractivity contribution in [1.29, 1.82) is 0 Å². The minimum absolute atomic E-state index is 0.00324. The fraction of sp³-hybridized carbons (Fsp3) is 0.714. The number of carbonyl (C=O) groups is 2. The zero-order chi connectivity index (χ0) is 12.8. The second-order valence-electron chi connectivity index (χ2n) is 4.93. The quantitative estimate of drug-likeness (QED) is 0.404. The summed E-state index contributed by atoms with van der Waals surface area (Å²) < 4.78 is 0. The van der Waals surface area contributed by atoms with E-state index in [-0.39, 0.29) is 11.8 Å². The first-order chi connectivity index (χ1) is 8.07. The van der Waals surface area contributed by atoms with E-state index in [0.717, 1.165) is 24.0 Å². The third kappa shape index (κ3) is 3.69. The highest BCUT2D eigenvalue weighted by molar-refractivity contribution is 6.11. The molecular formula is C14H23NO2. The highest BCUT2D eigenvalue weighted by atomic mass is 16.2. The minimum Gasteiger partial charge on any atom is -0.274 e. The molecule has 1 aliphatic heterocycles. The van der Waals surface area contributed by atoms with Crippen LogP contribution < -0.4 is 0 Å². The van der Waals surface area contributed by atoms with Crippen LogP contribution in [-0.2, 0) is 9.59 Å². The van der Waals surface area contributed by atoms with E-state index in [0.29, 0.717) is 13.0 Å². The van der Waals surface area contributed by atoms with Crippen LogP contribution in [0.25, 0.3) is 0 Å². The number of imide groups is 1. The summed E-state index contributed by atoms with van der Waals surface area (Å²) in [6.07, 6.45) is 6.16. The van der Waals surface area contributed by atoms with Crippen molar-refractivity contribution in [3.63, 3.8) is 0 Å². The largest absolute Gasteiger partial charge is 0.274 e. The Labute approximate surface area is 104 Å². The SMILES string of the molecule is CCCCCCCC(=O)N1CC(=C(C)C)C1=O. The molecule has 96 valence electrons. The van der Waals surface area contributed by atoms with E-state index in [4.69, 9.17) is 0 Å². The monoisotopic (exact) mass is 237 g/mol. The molecule has 2 amide bonds. The lowest BCUT2D eigenvalue weighted by Gasteiger charge is -2.32. The van der Waals surface area contributed by atoms with Crippen LogP contribution in [0.3, 0.4) is 0 Å². The van der Waals surface area contributed by atoms with Gasteiger partial charge in [0.15, 0.2) is 0 Å². The lowest BCUT2D eigenvalue weighted by molar-refractivity contribution is -0.147. The van der Waals surface area contributed by atoms with E-state index in [2.05, 4.69) is 6.92 Å². The summed E-state index contributed by atoms with van der Waals surface area (Å²) in [6.45, 7) is 6.53. The Bertz CT molecular complexity index is 327. The standard InChI is InChI=1S/C14H23NO2/c1-4-5-6-7-8-9-13(16)15-10-12(11(2)3)14(15)17/h4-10H2,1-3H3. The number of nitrogens with zero attached hydrogens (tertiary/aromatic N) is 1. The van der Waals surface area contributed by atoms with Gasteiger partial charge < -0.3 is 0 Å². The molecule has 1 saturated heterocycles. The molecule has 1 heterocycles. The van der Waals surface area contributed by atoms with Crippen molar-refractivity contribution in [3.8, 4) is 0 Å². The summed E-state index contributed by atoms with van der Waals surface area (Å²) in [7, 11) is 0. The van der Waals surface area contributed by atoms with Gasteiger partial charge >= 0.3 is 0 Å². The van der Waals surface area contributed by atoms with E-state index >= 15 is 0 Å². The lowest BCUT2D eigenvalue weighted by Crippen LogP contribution is -2.50. The predicted octanol–water partition coefficient (Wildman–Crippen LogP) is 3.05. The van der Waals surface area contributed by atoms with Crippen LogP contribution >= 0.6 is 0 Å². The van der Waals surface area contributed by atoms with E-state index in [1.165, 1.54) is 24.2 Å². The number of carbonyl (C=O) groups excluding carboxylic acids is 2. The van der Waals surface area contributed by atoms with Gasteiger partial charge in [-0.25, -0.2) is 0 Å². The molecule has 1 aliphatic rings. The van der Waals surface area contributed by atoms with Crippen molar-refractivity contribution >= 4 is 11.8 Å². The Hall–Kier alpha value is -1.12. The van der Waals surface area contributed by atoms with E-state index in [1.807, 2.05) is 13.8 Å². The molecule has 0 aromatic carbocycles. The van der Waals surface area contributed by atoms with Crippen molar-refractivity contribution in [1.82, 2.24) is 4.90 Å². The molecule has 3 nitrogen and oxygen atoms in total. The topological polar surface area (TPSA) is 37.4 Å². The van der Waals surface area contributed by atoms with Crippen molar-refractivity contribution < 1.29 is 9.59 Å². The molecule has 1 fully saturated rings. The van der Waals surface area contributed by atoms with Crippen LogP contribution in [0, 0.1) is 0 Å². The van der Waals surface area contributed by atoms with E-state index in [1.54, 1.807) is 0 Å². The van der Waals surface area contributed by atoms with Gasteiger partial charge in [0.1, 0.15) is 0 Å². The van der Waals surface area contributed by atoms with Crippen molar-refractivity contribution in [2.45, 2.75) is 59.3 Å². The van der Waals surface area contributed by atoms with Crippen LogP contribution in [0.1, 0.15) is 59.3 Å². The molecule has 1 rings (SSSR count). The van der Waals surface area contributed by atoms with Gasteiger partial charge in [-0.1, -0.05) is 38.2 Å². The van der Waals surface area contributed by atoms with Crippen molar-refractivity contribution in [2.24, 2.45) is 0 Å². The first kappa shape index (κ1) is 13.9. The molecule has 0 atom stereocenters. The van der Waals surface area contributed by atoms with Crippen LogP contribution in [-0.4, -0.2) is 23.3 Å². The maximum Gasteiger partial charge on any atom is 0.258 e. The second kappa shape index (κ2) is 6.58. The third-order valence-corrected chi connectivity index (χ3v) is 3.22. The van der Waals surface area contributed by atoms with Crippen LogP contribution in [0.5, 0.6) is 0 Å². The van der Waals surface area contributed by atoms with Crippen LogP contribution in [0.2, 0.25) is 0 Å². The number of rotatable bonds is 6. The Balaban J connectivity index is 2.23. The van der Waals surface area contributed by atoms with Gasteiger partial charge in [-0.2, -0.15) is 0 Å². The third-order valence-electron chi connectivity index (χ3n) is 3.22. The first-order valence-corrected chi connectivity index (χ1v) is 6.59. The molecule has 0 aromatic heterocycles. The Morgan fingerprint density at radius 3 is 2.35 bits per heavy atom. The van der Waals surface area contributed by atoms with Crippen LogP contribution in [0.4, 0.5) is 0 Å². The molecule has 0 unspecified atom stereocenters. The lowest BCUT2D eigenvalue weighted by atomic mass is 10.0. The molecular weight excluding hydrogens is 214 g/mol. The van der Waals surface area contributed by atoms with E-state index < -0.39 is 0 Å². The number of amides is 2. The molecule has 0 N–H and O–H groups in total. The molecule has 0 aliphatic carbocycles. The Morgan fingerprint density at radius 2 is 1.82 bits per heavy atom. The molecule has 0 aromatic rings. The average molecular weight is 237 g/mol. The Morgan fingerprint density at radius 1 is 1.18 bits per heavy atom. The average Bonchev–Trinajstić information content (AvgIpc) is 2.26. The van der Waals surface area contributed by atoms with E-state index in [9.17, 15) is 9.59 Å². The molecule has 17 heavy (non-hydrogen) atoms. The summed E-state index contributed by atoms with van der Waals surface area (Å²) in [6, 6.07) is 0. The summed E-state index contributed by atoms with van der Waals surface area (Å²) in [5.41, 5.74) is 1.84. The maximum absolute atomic E-state index is 11.7. The Kier molecular flexibility index (Phi) is 5.39. The second-order valence-corrected chi connectivity index (χ2v) is 4.93. The zero-order valence-corrected chi connectivity index (χ0v) is 11.2. The molecule has 0 bridgehead atoms. The highest BCUT2D eigenvalue weighted by Crippen LogP contribution is 2.21. The van der Waals surface area contributed by atoms with Gasteiger partial charge in [-0.05, 0) is 20.3 Å². The summed E-state index contributed by atoms with van der Waals surface area (Å²) in [5.74, 6) is -0.0833. The number of allylic oxidation sites excluding steroid dienone is 1. The fourth-order valence-corrected chi connectivity index (χ4v) is 1.96. The maximum atomic E-state index is 11.7. The molecule has 0 saturated carbocycles. The number of hydrogen-bond acceptors (Lipinski definition) is 2. The molecule has 0 spiro atoms. The van der Waals surface area contributed by atoms with Crippen LogP contribution in [0.15, 0.2) is 11.1 Å². The van der Waals surface area contributed by atoms with Gasteiger partial charge in [-0.3, -0.25) is 14.5 Å². The minimum atomic E-state index is -0.0800.